The third-order valence-corrected chi connectivity index (χ3v) is 5.44. The van der Waals surface area contributed by atoms with Crippen molar-refractivity contribution in [3.05, 3.63) is 29.6 Å². The first-order valence-corrected chi connectivity index (χ1v) is 8.19. The number of benzene rings is 1. The van der Waals surface area contributed by atoms with Crippen LogP contribution in [-0.4, -0.2) is 38.4 Å². The van der Waals surface area contributed by atoms with Gasteiger partial charge >= 0.3 is 0 Å². The average molecular weight is 359 g/mol. The molecule has 0 aliphatic carbocycles. The van der Waals surface area contributed by atoms with Crippen LogP contribution < -0.4 is 5.32 Å². The van der Waals surface area contributed by atoms with Crippen LogP contribution in [0.5, 0.6) is 0 Å². The van der Waals surface area contributed by atoms with E-state index in [1.165, 1.54) is 4.31 Å². The van der Waals surface area contributed by atoms with Crippen LogP contribution in [0.3, 0.4) is 0 Å². The highest BCUT2D eigenvalue weighted by atomic mass is 35.5. The molecule has 0 bridgehead atoms. The molecule has 9 heteroatoms. The van der Waals surface area contributed by atoms with Gasteiger partial charge in [-0.15, -0.1) is 12.4 Å². The second kappa shape index (κ2) is 7.63. The SMILES string of the molecule is CCCN(C1CCNC1)S(=O)(=O)c1ccc(F)c(F)c1F.Cl. The lowest BCUT2D eigenvalue weighted by molar-refractivity contribution is 0.331. The lowest BCUT2D eigenvalue weighted by atomic mass is 10.2. The Bertz CT molecular complexity index is 622. The Hall–Kier alpha value is -0.830. The van der Waals surface area contributed by atoms with Crippen molar-refractivity contribution in [1.29, 1.82) is 0 Å². The summed E-state index contributed by atoms with van der Waals surface area (Å²) in [6, 6.07) is 1.10. The lowest BCUT2D eigenvalue weighted by Crippen LogP contribution is -2.42. The molecule has 22 heavy (non-hydrogen) atoms. The molecule has 1 saturated heterocycles. The number of hydrogen-bond donors (Lipinski definition) is 1. The van der Waals surface area contributed by atoms with Crippen molar-refractivity contribution in [1.82, 2.24) is 9.62 Å². The van der Waals surface area contributed by atoms with Crippen molar-refractivity contribution in [3.63, 3.8) is 0 Å². The first-order chi connectivity index (χ1) is 9.89. The zero-order valence-corrected chi connectivity index (χ0v) is 13.6. The first kappa shape index (κ1) is 19.2. The smallest absolute Gasteiger partial charge is 0.246 e. The summed E-state index contributed by atoms with van der Waals surface area (Å²) in [5.41, 5.74) is 0. The second-order valence-corrected chi connectivity index (χ2v) is 6.79. The second-order valence-electron chi connectivity index (χ2n) is 4.94. The van der Waals surface area contributed by atoms with Gasteiger partial charge in [-0.05, 0) is 31.5 Å². The van der Waals surface area contributed by atoms with Crippen molar-refractivity contribution in [3.8, 4) is 0 Å². The minimum atomic E-state index is -4.20. The highest BCUT2D eigenvalue weighted by molar-refractivity contribution is 7.89. The molecule has 1 aromatic rings. The van der Waals surface area contributed by atoms with Crippen LogP contribution in [0.4, 0.5) is 13.2 Å². The Morgan fingerprint density at radius 2 is 1.95 bits per heavy atom. The fourth-order valence-corrected chi connectivity index (χ4v) is 4.24. The summed E-state index contributed by atoms with van der Waals surface area (Å²) in [6.45, 7) is 3.13. The fourth-order valence-electron chi connectivity index (χ4n) is 2.44. The van der Waals surface area contributed by atoms with Gasteiger partial charge in [-0.1, -0.05) is 6.92 Å². The summed E-state index contributed by atoms with van der Waals surface area (Å²) in [4.78, 5) is -0.818. The summed E-state index contributed by atoms with van der Waals surface area (Å²) >= 11 is 0. The van der Waals surface area contributed by atoms with Crippen LogP contribution in [0.2, 0.25) is 0 Å². The highest BCUT2D eigenvalue weighted by Crippen LogP contribution is 2.26. The van der Waals surface area contributed by atoms with Crippen LogP contribution in [0, 0.1) is 17.5 Å². The van der Waals surface area contributed by atoms with Crippen LogP contribution in [0.1, 0.15) is 19.8 Å². The van der Waals surface area contributed by atoms with E-state index in [-0.39, 0.29) is 25.0 Å². The highest BCUT2D eigenvalue weighted by Gasteiger charge is 2.35. The van der Waals surface area contributed by atoms with Gasteiger partial charge < -0.3 is 5.32 Å². The van der Waals surface area contributed by atoms with Crippen molar-refractivity contribution in [2.24, 2.45) is 0 Å². The zero-order valence-electron chi connectivity index (χ0n) is 12.0. The maximum atomic E-state index is 13.8. The molecule has 0 spiro atoms. The molecule has 4 nitrogen and oxygen atoms in total. The number of nitrogens with one attached hydrogen (secondary N) is 1. The Morgan fingerprint density at radius 1 is 1.27 bits per heavy atom. The fraction of sp³-hybridized carbons (Fsp3) is 0.538. The number of hydrogen-bond acceptors (Lipinski definition) is 3. The Labute approximate surface area is 134 Å². The van der Waals surface area contributed by atoms with Gasteiger partial charge in [-0.3, -0.25) is 0 Å². The number of nitrogens with zero attached hydrogens (tertiary/aromatic N) is 1. The van der Waals surface area contributed by atoms with Crippen LogP contribution in [-0.2, 0) is 10.0 Å². The van der Waals surface area contributed by atoms with E-state index in [2.05, 4.69) is 5.32 Å². The van der Waals surface area contributed by atoms with Gasteiger partial charge in [-0.25, -0.2) is 21.6 Å². The van der Waals surface area contributed by atoms with Gasteiger partial charge in [0.1, 0.15) is 4.90 Å². The van der Waals surface area contributed by atoms with Crippen molar-refractivity contribution >= 4 is 22.4 Å². The number of sulfonamides is 1. The minimum Gasteiger partial charge on any atom is -0.315 e. The molecule has 126 valence electrons. The average Bonchev–Trinajstić information content (AvgIpc) is 2.95. The summed E-state index contributed by atoms with van der Waals surface area (Å²) < 4.78 is 66.4. The molecular formula is C13H18ClF3N2O2S. The molecule has 1 atom stereocenters. The van der Waals surface area contributed by atoms with E-state index in [4.69, 9.17) is 0 Å². The molecular weight excluding hydrogens is 341 g/mol. The van der Waals surface area contributed by atoms with E-state index in [9.17, 15) is 21.6 Å². The van der Waals surface area contributed by atoms with E-state index in [1.54, 1.807) is 6.92 Å². The topological polar surface area (TPSA) is 49.4 Å². The van der Waals surface area contributed by atoms with Crippen LogP contribution in [0.15, 0.2) is 17.0 Å². The lowest BCUT2D eigenvalue weighted by Gasteiger charge is -2.27. The van der Waals surface area contributed by atoms with Gasteiger partial charge in [0, 0.05) is 19.1 Å². The molecule has 1 heterocycles. The van der Waals surface area contributed by atoms with Crippen molar-refractivity contribution in [2.45, 2.75) is 30.7 Å². The molecule has 0 aromatic heterocycles. The Balaban J connectivity index is 0.00000242. The molecule has 1 aliphatic rings. The third-order valence-electron chi connectivity index (χ3n) is 3.47. The van der Waals surface area contributed by atoms with E-state index in [1.807, 2.05) is 0 Å². The summed E-state index contributed by atoms with van der Waals surface area (Å²) in [6.07, 6.45) is 1.14. The monoisotopic (exact) mass is 358 g/mol. The van der Waals surface area contributed by atoms with E-state index < -0.39 is 32.4 Å². The number of rotatable bonds is 5. The number of halogens is 4. The van der Waals surface area contributed by atoms with Gasteiger partial charge in [0.25, 0.3) is 0 Å². The molecule has 1 unspecified atom stereocenters. The van der Waals surface area contributed by atoms with Crippen LogP contribution in [0.25, 0.3) is 0 Å². The maximum absolute atomic E-state index is 13.8. The predicted molar refractivity (Wildman–Crippen MR) is 79.0 cm³/mol. The van der Waals surface area contributed by atoms with E-state index in [0.29, 0.717) is 32.0 Å². The maximum Gasteiger partial charge on any atom is 0.246 e. The Morgan fingerprint density at radius 3 is 2.50 bits per heavy atom. The molecule has 2 rings (SSSR count). The quantitative estimate of drug-likeness (QED) is 0.822. The van der Waals surface area contributed by atoms with E-state index >= 15 is 0 Å². The summed E-state index contributed by atoms with van der Waals surface area (Å²) in [7, 11) is -4.20. The molecule has 1 N–H and O–H groups in total. The standard InChI is InChI=1S/C13H17F3N2O2S.ClH/c1-2-7-18(9-5-6-17-8-9)21(19,20)11-4-3-10(14)12(15)13(11)16;/h3-4,9,17H,2,5-8H2,1H3;1H. The third kappa shape index (κ3) is 3.56. The molecule has 1 aromatic carbocycles. The van der Waals surface area contributed by atoms with Gasteiger partial charge in [0.2, 0.25) is 10.0 Å². The predicted octanol–water partition coefficient (Wildman–Crippen LogP) is 2.29. The van der Waals surface area contributed by atoms with Gasteiger partial charge in [0.15, 0.2) is 17.5 Å². The molecule has 0 amide bonds. The van der Waals surface area contributed by atoms with Crippen molar-refractivity contribution < 1.29 is 21.6 Å². The van der Waals surface area contributed by atoms with E-state index in [0.717, 1.165) is 6.07 Å². The summed E-state index contributed by atoms with van der Waals surface area (Å²) in [5.74, 6) is -4.84. The van der Waals surface area contributed by atoms with Crippen LogP contribution >= 0.6 is 12.4 Å². The summed E-state index contributed by atoms with van der Waals surface area (Å²) in [5, 5.41) is 3.04. The molecule has 1 aliphatic heterocycles. The molecule has 1 fully saturated rings. The molecule has 0 saturated carbocycles. The van der Waals surface area contributed by atoms with Crippen molar-refractivity contribution in [2.75, 3.05) is 19.6 Å². The first-order valence-electron chi connectivity index (χ1n) is 6.75. The van der Waals surface area contributed by atoms with Gasteiger partial charge in [-0.2, -0.15) is 4.31 Å². The van der Waals surface area contributed by atoms with Gasteiger partial charge in [0.05, 0.1) is 0 Å². The molecule has 0 radical (unpaired) electrons. The minimum absolute atomic E-state index is 0. The largest absolute Gasteiger partial charge is 0.315 e. The normalized spacial score (nSPS) is 18.5. The Kier molecular flexibility index (Phi) is 6.66. The zero-order chi connectivity index (χ0) is 15.6.